The van der Waals surface area contributed by atoms with Crippen LogP contribution in [-0.4, -0.2) is 11.7 Å². The van der Waals surface area contributed by atoms with E-state index in [9.17, 15) is 5.11 Å². The van der Waals surface area contributed by atoms with Crippen molar-refractivity contribution in [1.82, 2.24) is 0 Å². The molecule has 0 saturated carbocycles. The van der Waals surface area contributed by atoms with Crippen LogP contribution < -0.4 is 4.90 Å². The maximum atomic E-state index is 9.26. The van der Waals surface area contributed by atoms with Crippen molar-refractivity contribution in [1.29, 1.82) is 0 Å². The van der Waals surface area contributed by atoms with E-state index in [-0.39, 0.29) is 0 Å². The van der Waals surface area contributed by atoms with Crippen molar-refractivity contribution in [3.05, 3.63) is 54.6 Å². The lowest BCUT2D eigenvalue weighted by atomic mass is 10.2. The lowest BCUT2D eigenvalue weighted by Crippen LogP contribution is -2.15. The van der Waals surface area contributed by atoms with Crippen molar-refractivity contribution in [2.45, 2.75) is 6.92 Å². The monoisotopic (exact) mass is 213 g/mol. The summed E-state index contributed by atoms with van der Waals surface area (Å²) in [7, 11) is 0. The minimum absolute atomic E-state index is 0.299. The van der Waals surface area contributed by atoms with E-state index in [1.807, 2.05) is 30.3 Å². The van der Waals surface area contributed by atoms with Crippen LogP contribution in [0, 0.1) is 0 Å². The summed E-state index contributed by atoms with van der Waals surface area (Å²) in [5, 5.41) is 9.26. The Morgan fingerprint density at radius 3 is 2.00 bits per heavy atom. The van der Waals surface area contributed by atoms with Crippen molar-refractivity contribution >= 4 is 11.4 Å². The van der Waals surface area contributed by atoms with Crippen molar-refractivity contribution in [2.24, 2.45) is 0 Å². The Balaban J connectivity index is 2.33. The van der Waals surface area contributed by atoms with Gasteiger partial charge in [-0.2, -0.15) is 0 Å². The quantitative estimate of drug-likeness (QED) is 0.842. The maximum Gasteiger partial charge on any atom is 0.115 e. The smallest absolute Gasteiger partial charge is 0.115 e. The van der Waals surface area contributed by atoms with Crippen molar-refractivity contribution in [3.8, 4) is 5.75 Å². The summed E-state index contributed by atoms with van der Waals surface area (Å²) in [5.41, 5.74) is 2.25. The van der Waals surface area contributed by atoms with Gasteiger partial charge >= 0.3 is 0 Å². The van der Waals surface area contributed by atoms with Crippen LogP contribution >= 0.6 is 0 Å². The van der Waals surface area contributed by atoms with E-state index in [0.717, 1.165) is 17.9 Å². The molecule has 0 spiro atoms. The fraction of sp³-hybridized carbons (Fsp3) is 0.143. The van der Waals surface area contributed by atoms with Crippen LogP contribution in [0.1, 0.15) is 6.92 Å². The lowest BCUT2D eigenvalue weighted by Gasteiger charge is -2.23. The molecule has 0 aliphatic rings. The van der Waals surface area contributed by atoms with E-state index in [0.29, 0.717) is 5.75 Å². The fourth-order valence-corrected chi connectivity index (χ4v) is 1.75. The summed E-state index contributed by atoms with van der Waals surface area (Å²) in [4.78, 5) is 2.19. The number of phenolic OH excluding ortho intramolecular Hbond substituents is 1. The Morgan fingerprint density at radius 1 is 0.875 bits per heavy atom. The van der Waals surface area contributed by atoms with Gasteiger partial charge < -0.3 is 10.0 Å². The van der Waals surface area contributed by atoms with E-state index in [1.165, 1.54) is 0 Å². The zero-order valence-electron chi connectivity index (χ0n) is 9.30. The Labute approximate surface area is 95.8 Å². The van der Waals surface area contributed by atoms with Crippen LogP contribution in [0.2, 0.25) is 0 Å². The molecule has 2 nitrogen and oxygen atoms in total. The number of hydrogen-bond donors (Lipinski definition) is 1. The number of phenols is 1. The largest absolute Gasteiger partial charge is 0.508 e. The topological polar surface area (TPSA) is 23.5 Å². The van der Waals surface area contributed by atoms with E-state index in [4.69, 9.17) is 0 Å². The van der Waals surface area contributed by atoms with Gasteiger partial charge in [0.05, 0.1) is 0 Å². The third-order valence-electron chi connectivity index (χ3n) is 2.55. The molecule has 0 fully saturated rings. The molecule has 0 aliphatic heterocycles. The first-order valence-electron chi connectivity index (χ1n) is 5.43. The molecule has 0 aromatic heterocycles. The molecule has 2 aromatic carbocycles. The minimum atomic E-state index is 0.299. The highest BCUT2D eigenvalue weighted by Crippen LogP contribution is 2.25. The minimum Gasteiger partial charge on any atom is -0.508 e. The molecule has 2 aromatic rings. The molecule has 1 N–H and O–H groups in total. The van der Waals surface area contributed by atoms with Gasteiger partial charge in [-0.3, -0.25) is 0 Å². The van der Waals surface area contributed by atoms with E-state index in [2.05, 4.69) is 24.0 Å². The zero-order chi connectivity index (χ0) is 11.4. The number of anilines is 2. The molecule has 2 heteroatoms. The van der Waals surface area contributed by atoms with Crippen LogP contribution in [0.5, 0.6) is 5.75 Å². The molecule has 0 radical (unpaired) electrons. The summed E-state index contributed by atoms with van der Waals surface area (Å²) in [6, 6.07) is 17.5. The normalized spacial score (nSPS) is 10.1. The number of para-hydroxylation sites is 1. The van der Waals surface area contributed by atoms with Gasteiger partial charge in [0.15, 0.2) is 0 Å². The molecule has 82 valence electrons. The first-order chi connectivity index (χ1) is 7.81. The highest BCUT2D eigenvalue weighted by molar-refractivity contribution is 5.63. The Kier molecular flexibility index (Phi) is 3.10. The molecular formula is C14H15NO. The molecule has 0 amide bonds. The van der Waals surface area contributed by atoms with Crippen molar-refractivity contribution in [3.63, 3.8) is 0 Å². The molecule has 2 rings (SSSR count). The predicted molar refractivity (Wildman–Crippen MR) is 67.2 cm³/mol. The second-order valence-corrected chi connectivity index (χ2v) is 3.60. The van der Waals surface area contributed by atoms with Gasteiger partial charge in [0.25, 0.3) is 0 Å². The van der Waals surface area contributed by atoms with Gasteiger partial charge in [0.1, 0.15) is 5.75 Å². The average molecular weight is 213 g/mol. The lowest BCUT2D eigenvalue weighted by molar-refractivity contribution is 0.475. The van der Waals surface area contributed by atoms with Gasteiger partial charge in [0, 0.05) is 17.9 Å². The number of nitrogens with zero attached hydrogens (tertiary/aromatic N) is 1. The zero-order valence-corrected chi connectivity index (χ0v) is 9.30. The molecule has 0 aliphatic carbocycles. The Morgan fingerprint density at radius 2 is 1.44 bits per heavy atom. The molecule has 0 unspecified atom stereocenters. The van der Waals surface area contributed by atoms with Crippen LogP contribution in [-0.2, 0) is 0 Å². The molecule has 16 heavy (non-hydrogen) atoms. The number of benzene rings is 2. The Hall–Kier alpha value is -1.96. The second-order valence-electron chi connectivity index (χ2n) is 3.60. The van der Waals surface area contributed by atoms with Crippen LogP contribution in [0.25, 0.3) is 0 Å². The molecule has 0 heterocycles. The van der Waals surface area contributed by atoms with Gasteiger partial charge in [-0.05, 0) is 43.3 Å². The first-order valence-corrected chi connectivity index (χ1v) is 5.43. The van der Waals surface area contributed by atoms with Gasteiger partial charge in [-0.15, -0.1) is 0 Å². The second kappa shape index (κ2) is 4.71. The molecule has 0 bridgehead atoms. The summed E-state index contributed by atoms with van der Waals surface area (Å²) in [6.07, 6.45) is 0. The summed E-state index contributed by atoms with van der Waals surface area (Å²) < 4.78 is 0. The van der Waals surface area contributed by atoms with Crippen molar-refractivity contribution in [2.75, 3.05) is 11.4 Å². The van der Waals surface area contributed by atoms with E-state index < -0.39 is 0 Å². The van der Waals surface area contributed by atoms with E-state index in [1.54, 1.807) is 12.1 Å². The van der Waals surface area contributed by atoms with Gasteiger partial charge in [0.2, 0.25) is 0 Å². The van der Waals surface area contributed by atoms with Gasteiger partial charge in [-0.25, -0.2) is 0 Å². The average Bonchev–Trinajstić information content (AvgIpc) is 2.34. The van der Waals surface area contributed by atoms with Crippen LogP contribution in [0.3, 0.4) is 0 Å². The van der Waals surface area contributed by atoms with Crippen molar-refractivity contribution < 1.29 is 5.11 Å². The summed E-state index contributed by atoms with van der Waals surface area (Å²) >= 11 is 0. The standard InChI is InChI=1S/C14H15NO/c1-2-15(12-6-4-3-5-7-12)13-8-10-14(16)11-9-13/h3-11,16H,2H2,1H3. The Bertz CT molecular complexity index is 436. The van der Waals surface area contributed by atoms with Crippen LogP contribution in [0.15, 0.2) is 54.6 Å². The number of hydrogen-bond acceptors (Lipinski definition) is 2. The van der Waals surface area contributed by atoms with Gasteiger partial charge in [-0.1, -0.05) is 18.2 Å². The maximum absolute atomic E-state index is 9.26. The highest BCUT2D eigenvalue weighted by atomic mass is 16.3. The SMILES string of the molecule is CCN(c1ccccc1)c1ccc(O)cc1. The van der Waals surface area contributed by atoms with Crippen LogP contribution in [0.4, 0.5) is 11.4 Å². The van der Waals surface area contributed by atoms with E-state index >= 15 is 0 Å². The first kappa shape index (κ1) is 10.6. The number of rotatable bonds is 3. The molecular weight excluding hydrogens is 198 g/mol. The third-order valence-corrected chi connectivity index (χ3v) is 2.55. The third kappa shape index (κ3) is 2.16. The molecule has 0 saturated heterocycles. The fourth-order valence-electron chi connectivity index (χ4n) is 1.75. The predicted octanol–water partition coefficient (Wildman–Crippen LogP) is 3.55. The summed E-state index contributed by atoms with van der Waals surface area (Å²) in [5.74, 6) is 0.299. The summed E-state index contributed by atoms with van der Waals surface area (Å²) in [6.45, 7) is 3.01. The number of aromatic hydroxyl groups is 1. The highest BCUT2D eigenvalue weighted by Gasteiger charge is 2.05. The molecule has 0 atom stereocenters.